The van der Waals surface area contributed by atoms with Gasteiger partial charge in [-0.05, 0) is 60.2 Å². The van der Waals surface area contributed by atoms with E-state index in [0.717, 1.165) is 4.90 Å². The van der Waals surface area contributed by atoms with E-state index in [1.165, 1.54) is 61.7 Å². The average Bonchev–Trinajstić information content (AvgIpc) is 2.84. The van der Waals surface area contributed by atoms with Crippen LogP contribution in [0.4, 0.5) is 10.5 Å². The Morgan fingerprint density at radius 1 is 0.944 bits per heavy atom. The van der Waals surface area contributed by atoms with E-state index in [0.29, 0.717) is 5.02 Å². The predicted molar refractivity (Wildman–Crippen MR) is 133 cm³/mol. The van der Waals surface area contributed by atoms with Crippen molar-refractivity contribution in [2.24, 2.45) is 0 Å². The van der Waals surface area contributed by atoms with Crippen molar-refractivity contribution in [3.63, 3.8) is 0 Å². The van der Waals surface area contributed by atoms with Gasteiger partial charge in [0.1, 0.15) is 10.5 Å². The molecule has 0 radical (unpaired) electrons. The monoisotopic (exact) mass is 546 g/mol. The van der Waals surface area contributed by atoms with Gasteiger partial charge in [0, 0.05) is 5.02 Å². The van der Waals surface area contributed by atoms with E-state index in [1.54, 1.807) is 18.2 Å². The Bertz CT molecular complexity index is 1510. The molecular weight excluding hydrogens is 531 g/mol. The number of hydrogen-bond acceptors (Lipinski definition) is 7. The number of urea groups is 1. The van der Waals surface area contributed by atoms with Crippen LogP contribution in [0.2, 0.25) is 10.0 Å². The minimum Gasteiger partial charge on any atom is -0.493 e. The molecule has 0 aliphatic carbocycles. The molecule has 12 heteroatoms. The van der Waals surface area contributed by atoms with Gasteiger partial charge < -0.3 is 8.92 Å². The molecule has 1 aliphatic heterocycles. The van der Waals surface area contributed by atoms with Crippen molar-refractivity contribution in [1.29, 1.82) is 0 Å². The fraction of sp³-hybridized carbons (Fsp3) is 0.0417. The summed E-state index contributed by atoms with van der Waals surface area (Å²) < 4.78 is 35.8. The number of carbonyl (C=O) groups excluding carboxylic acids is 3. The van der Waals surface area contributed by atoms with Gasteiger partial charge in [-0.1, -0.05) is 41.4 Å². The first-order valence-corrected chi connectivity index (χ1v) is 12.3. The highest BCUT2D eigenvalue weighted by Gasteiger charge is 2.36. The number of anilines is 1. The molecule has 184 valence electrons. The summed E-state index contributed by atoms with van der Waals surface area (Å²) >= 11 is 12.1. The van der Waals surface area contributed by atoms with E-state index in [-0.39, 0.29) is 38.2 Å². The number of carbonyl (C=O) groups is 3. The van der Waals surface area contributed by atoms with E-state index in [9.17, 15) is 22.8 Å². The highest BCUT2D eigenvalue weighted by atomic mass is 35.5. The van der Waals surface area contributed by atoms with Crippen molar-refractivity contribution in [2.45, 2.75) is 4.90 Å². The van der Waals surface area contributed by atoms with Gasteiger partial charge in [0.2, 0.25) is 5.75 Å². The second-order valence-corrected chi connectivity index (χ2v) is 9.71. The summed E-state index contributed by atoms with van der Waals surface area (Å²) in [6.45, 7) is 0. The number of halogens is 2. The van der Waals surface area contributed by atoms with Crippen LogP contribution in [0.1, 0.15) is 5.56 Å². The topological polar surface area (TPSA) is 119 Å². The molecule has 1 heterocycles. The molecule has 0 atom stereocenters. The van der Waals surface area contributed by atoms with Gasteiger partial charge in [0.15, 0.2) is 5.75 Å². The summed E-state index contributed by atoms with van der Waals surface area (Å²) in [5.74, 6) is -2.13. The lowest BCUT2D eigenvalue weighted by Crippen LogP contribution is -2.54. The molecule has 3 aromatic rings. The Balaban J connectivity index is 1.70. The standard InChI is InChI=1S/C24H16Cl2N2O7S/c1-34-20-13-14(12-19(26)21(20)35-36(32,33)17-9-7-15(25)8-10-17)11-18-22(29)27-24(31)28(23(18)30)16-5-3-2-4-6-16/h2-13H,1H3,(H,27,29,31)/b18-11+. The fourth-order valence-electron chi connectivity index (χ4n) is 3.30. The Morgan fingerprint density at radius 3 is 2.25 bits per heavy atom. The fourth-order valence-corrected chi connectivity index (χ4v) is 4.69. The minimum absolute atomic E-state index is 0.0773. The molecule has 0 spiro atoms. The van der Waals surface area contributed by atoms with Crippen LogP contribution < -0.4 is 19.1 Å². The van der Waals surface area contributed by atoms with Crippen LogP contribution in [0.15, 0.2) is 77.2 Å². The number of methoxy groups -OCH3 is 1. The molecule has 4 amide bonds. The number of rotatable bonds is 6. The number of amides is 4. The number of nitrogens with zero attached hydrogens (tertiary/aromatic N) is 1. The average molecular weight is 547 g/mol. The molecule has 0 bridgehead atoms. The normalized spacial score (nSPS) is 15.1. The number of ether oxygens (including phenoxy) is 1. The van der Waals surface area contributed by atoms with Crippen LogP contribution in [0.25, 0.3) is 6.08 Å². The third kappa shape index (κ3) is 5.06. The van der Waals surface area contributed by atoms with Gasteiger partial charge in [0.25, 0.3) is 11.8 Å². The summed E-state index contributed by atoms with van der Waals surface area (Å²) in [5, 5.41) is 2.29. The third-order valence-corrected chi connectivity index (χ3v) is 6.74. The van der Waals surface area contributed by atoms with Crippen molar-refractivity contribution in [3.05, 3.63) is 87.9 Å². The van der Waals surface area contributed by atoms with E-state index >= 15 is 0 Å². The second kappa shape index (κ2) is 10.0. The molecule has 36 heavy (non-hydrogen) atoms. The van der Waals surface area contributed by atoms with Crippen molar-refractivity contribution in [3.8, 4) is 11.5 Å². The van der Waals surface area contributed by atoms with Gasteiger partial charge >= 0.3 is 16.1 Å². The summed E-state index contributed by atoms with van der Waals surface area (Å²) in [5.41, 5.74) is 0.137. The van der Waals surface area contributed by atoms with Crippen LogP contribution in [0.3, 0.4) is 0 Å². The van der Waals surface area contributed by atoms with Crippen LogP contribution in [-0.4, -0.2) is 33.4 Å². The van der Waals surface area contributed by atoms with E-state index in [1.807, 2.05) is 0 Å². The Hall–Kier alpha value is -3.86. The number of hydrogen-bond donors (Lipinski definition) is 1. The smallest absolute Gasteiger partial charge is 0.339 e. The van der Waals surface area contributed by atoms with Crippen LogP contribution in [0.5, 0.6) is 11.5 Å². The first-order chi connectivity index (χ1) is 17.1. The number of nitrogens with one attached hydrogen (secondary N) is 1. The Labute approximate surface area is 216 Å². The molecule has 1 saturated heterocycles. The lowest BCUT2D eigenvalue weighted by molar-refractivity contribution is -0.122. The molecule has 1 N–H and O–H groups in total. The molecule has 9 nitrogen and oxygen atoms in total. The summed E-state index contributed by atoms with van der Waals surface area (Å²) in [6, 6.07) is 15.1. The maximum atomic E-state index is 13.0. The van der Waals surface area contributed by atoms with Gasteiger partial charge in [-0.3, -0.25) is 14.9 Å². The summed E-state index contributed by atoms with van der Waals surface area (Å²) in [6.07, 6.45) is 1.20. The number of para-hydroxylation sites is 1. The van der Waals surface area contributed by atoms with Crippen LogP contribution >= 0.6 is 23.2 Å². The molecule has 0 unspecified atom stereocenters. The molecule has 0 saturated carbocycles. The first kappa shape index (κ1) is 25.2. The van der Waals surface area contributed by atoms with Gasteiger partial charge in [-0.2, -0.15) is 8.42 Å². The predicted octanol–water partition coefficient (Wildman–Crippen LogP) is 4.44. The maximum Gasteiger partial charge on any atom is 0.339 e. The molecule has 1 aliphatic rings. The maximum absolute atomic E-state index is 13.0. The Morgan fingerprint density at radius 2 is 1.61 bits per heavy atom. The summed E-state index contributed by atoms with van der Waals surface area (Å²) in [7, 11) is -3.03. The summed E-state index contributed by atoms with van der Waals surface area (Å²) in [4.78, 5) is 38.4. The molecule has 1 fully saturated rings. The van der Waals surface area contributed by atoms with Gasteiger partial charge in [-0.25, -0.2) is 9.69 Å². The van der Waals surface area contributed by atoms with Gasteiger partial charge in [0.05, 0.1) is 17.8 Å². The first-order valence-electron chi connectivity index (χ1n) is 10.1. The van der Waals surface area contributed by atoms with E-state index in [4.69, 9.17) is 32.1 Å². The number of benzene rings is 3. The van der Waals surface area contributed by atoms with E-state index < -0.39 is 28.0 Å². The zero-order valence-electron chi connectivity index (χ0n) is 18.4. The minimum atomic E-state index is -4.29. The highest BCUT2D eigenvalue weighted by molar-refractivity contribution is 7.87. The molecule has 0 aromatic heterocycles. The number of imide groups is 2. The van der Waals surface area contributed by atoms with Crippen molar-refractivity contribution in [1.82, 2.24) is 5.32 Å². The molecule has 4 rings (SSSR count). The SMILES string of the molecule is COc1cc(/C=C2\C(=O)NC(=O)N(c3ccccc3)C2=O)cc(Cl)c1OS(=O)(=O)c1ccc(Cl)cc1. The van der Waals surface area contributed by atoms with Gasteiger partial charge in [-0.15, -0.1) is 0 Å². The zero-order chi connectivity index (χ0) is 26.0. The van der Waals surface area contributed by atoms with E-state index in [2.05, 4.69) is 5.32 Å². The highest BCUT2D eigenvalue weighted by Crippen LogP contribution is 2.39. The molecule has 3 aromatic carbocycles. The lowest BCUT2D eigenvalue weighted by atomic mass is 10.1. The van der Waals surface area contributed by atoms with Crippen LogP contribution in [-0.2, 0) is 19.7 Å². The van der Waals surface area contributed by atoms with Crippen molar-refractivity contribution >= 4 is 62.9 Å². The third-order valence-electron chi connectivity index (χ3n) is 4.97. The lowest BCUT2D eigenvalue weighted by Gasteiger charge is -2.26. The Kier molecular flexibility index (Phi) is 7.02. The van der Waals surface area contributed by atoms with Crippen molar-refractivity contribution in [2.75, 3.05) is 12.0 Å². The largest absolute Gasteiger partial charge is 0.493 e. The quantitative estimate of drug-likeness (QED) is 0.275. The van der Waals surface area contributed by atoms with Crippen LogP contribution in [0, 0.1) is 0 Å². The number of barbiturate groups is 1. The second-order valence-electron chi connectivity index (χ2n) is 7.32. The van der Waals surface area contributed by atoms with Crippen molar-refractivity contribution < 1.29 is 31.7 Å². The zero-order valence-corrected chi connectivity index (χ0v) is 20.7. The molecular formula is C24H16Cl2N2O7S.